The van der Waals surface area contributed by atoms with Crippen molar-refractivity contribution >= 4 is 5.82 Å². The molecule has 0 aliphatic carbocycles. The minimum atomic E-state index is -0.419. The van der Waals surface area contributed by atoms with Crippen LogP contribution < -0.4 is 4.90 Å². The van der Waals surface area contributed by atoms with Crippen LogP contribution in [-0.2, 0) is 6.54 Å². The van der Waals surface area contributed by atoms with Gasteiger partial charge in [-0.1, -0.05) is 25.1 Å². The average molecular weight is 397 g/mol. The zero-order chi connectivity index (χ0) is 20.5. The predicted octanol–water partition coefficient (Wildman–Crippen LogP) is 4.60. The molecule has 1 aromatic carbocycles. The minimum Gasteiger partial charge on any atom is -0.351 e. The van der Waals surface area contributed by atoms with Gasteiger partial charge in [-0.3, -0.25) is 4.68 Å². The molecule has 4 rings (SSSR count). The molecule has 7 heteroatoms. The van der Waals surface area contributed by atoms with Gasteiger partial charge in [0, 0.05) is 23.8 Å². The summed E-state index contributed by atoms with van der Waals surface area (Å²) >= 11 is 0. The molecule has 0 radical (unpaired) electrons. The molecular formula is C22H25F2N5. The summed E-state index contributed by atoms with van der Waals surface area (Å²) in [5.74, 6) is 0.496. The number of rotatable bonds is 4. The molecule has 2 atom stereocenters. The molecule has 1 fully saturated rings. The Morgan fingerprint density at radius 3 is 2.72 bits per heavy atom. The van der Waals surface area contributed by atoms with Gasteiger partial charge in [-0.2, -0.15) is 5.10 Å². The quantitative estimate of drug-likeness (QED) is 0.646. The van der Waals surface area contributed by atoms with E-state index < -0.39 is 5.82 Å². The van der Waals surface area contributed by atoms with Crippen molar-refractivity contribution in [1.82, 2.24) is 19.7 Å². The van der Waals surface area contributed by atoms with E-state index in [2.05, 4.69) is 28.9 Å². The second-order valence-corrected chi connectivity index (χ2v) is 7.84. The molecule has 2 unspecified atom stereocenters. The first-order chi connectivity index (χ1) is 13.9. The zero-order valence-electron chi connectivity index (χ0n) is 16.9. The van der Waals surface area contributed by atoms with Gasteiger partial charge >= 0.3 is 0 Å². The highest BCUT2D eigenvalue weighted by atomic mass is 19.1. The highest BCUT2D eigenvalue weighted by molar-refractivity contribution is 5.54. The number of benzene rings is 1. The second kappa shape index (κ2) is 7.89. The Hall–Kier alpha value is -2.83. The summed E-state index contributed by atoms with van der Waals surface area (Å²) < 4.78 is 30.3. The normalized spacial score (nSPS) is 19.6. The number of nitrogens with zero attached hydrogens (tertiary/aromatic N) is 5. The first-order valence-electron chi connectivity index (χ1n) is 10.0. The lowest BCUT2D eigenvalue weighted by molar-refractivity contribution is 0.358. The van der Waals surface area contributed by atoms with Gasteiger partial charge in [-0.15, -0.1) is 0 Å². The maximum absolute atomic E-state index is 14.6. The topological polar surface area (TPSA) is 46.8 Å². The maximum Gasteiger partial charge on any atom is 0.183 e. The third-order valence-corrected chi connectivity index (χ3v) is 5.86. The number of anilines is 1. The highest BCUT2D eigenvalue weighted by Crippen LogP contribution is 2.30. The molecule has 1 saturated heterocycles. The third-order valence-electron chi connectivity index (χ3n) is 5.86. The van der Waals surface area contributed by atoms with Crippen LogP contribution in [0.15, 0.2) is 36.5 Å². The summed E-state index contributed by atoms with van der Waals surface area (Å²) in [6.45, 7) is 7.28. The Morgan fingerprint density at radius 2 is 1.93 bits per heavy atom. The number of hydrogen-bond donors (Lipinski definition) is 0. The number of piperidine rings is 1. The summed E-state index contributed by atoms with van der Waals surface area (Å²) in [5, 5.41) is 4.55. The van der Waals surface area contributed by atoms with E-state index in [1.807, 2.05) is 17.9 Å². The van der Waals surface area contributed by atoms with Crippen LogP contribution in [0.25, 0.3) is 11.5 Å². The first-order valence-corrected chi connectivity index (χ1v) is 10.0. The third kappa shape index (κ3) is 3.86. The molecule has 0 spiro atoms. The van der Waals surface area contributed by atoms with Gasteiger partial charge in [0.15, 0.2) is 17.5 Å². The SMILES string of the molecule is Cc1cc(-c2ncc(F)c(N3CCCC(C)C3C)n2)nn1Cc1ccccc1F. The molecule has 2 aromatic heterocycles. The summed E-state index contributed by atoms with van der Waals surface area (Å²) in [5.41, 5.74) is 1.97. The fourth-order valence-electron chi connectivity index (χ4n) is 3.88. The number of halogens is 2. The van der Waals surface area contributed by atoms with Crippen LogP contribution >= 0.6 is 0 Å². The van der Waals surface area contributed by atoms with E-state index in [0.29, 0.717) is 35.4 Å². The van der Waals surface area contributed by atoms with Gasteiger partial charge in [0.25, 0.3) is 0 Å². The lowest BCUT2D eigenvalue weighted by Crippen LogP contribution is -2.43. The van der Waals surface area contributed by atoms with Crippen molar-refractivity contribution in [1.29, 1.82) is 0 Å². The largest absolute Gasteiger partial charge is 0.351 e. The Labute approximate surface area is 169 Å². The van der Waals surface area contributed by atoms with Crippen molar-refractivity contribution in [2.75, 3.05) is 11.4 Å². The molecule has 0 amide bonds. The number of aryl methyl sites for hydroxylation is 1. The minimum absolute atomic E-state index is 0.210. The summed E-state index contributed by atoms with van der Waals surface area (Å²) in [6.07, 6.45) is 3.37. The zero-order valence-corrected chi connectivity index (χ0v) is 16.9. The van der Waals surface area contributed by atoms with Gasteiger partial charge in [0.2, 0.25) is 0 Å². The molecule has 0 N–H and O–H groups in total. The van der Waals surface area contributed by atoms with Crippen molar-refractivity contribution in [2.24, 2.45) is 5.92 Å². The molecule has 3 aromatic rings. The van der Waals surface area contributed by atoms with Gasteiger partial charge in [0.05, 0.1) is 12.7 Å². The smallest absolute Gasteiger partial charge is 0.183 e. The Bertz CT molecular complexity index is 1020. The van der Waals surface area contributed by atoms with Crippen LogP contribution in [0, 0.1) is 24.5 Å². The van der Waals surface area contributed by atoms with Crippen LogP contribution in [0.3, 0.4) is 0 Å². The number of hydrogen-bond acceptors (Lipinski definition) is 4. The van der Waals surface area contributed by atoms with E-state index in [4.69, 9.17) is 0 Å². The van der Waals surface area contributed by atoms with Crippen LogP contribution in [0.4, 0.5) is 14.6 Å². The summed E-state index contributed by atoms with van der Waals surface area (Å²) in [4.78, 5) is 10.7. The molecule has 3 heterocycles. The second-order valence-electron chi connectivity index (χ2n) is 7.84. The Balaban J connectivity index is 1.65. The van der Waals surface area contributed by atoms with Gasteiger partial charge < -0.3 is 4.90 Å². The molecule has 0 saturated carbocycles. The molecule has 0 bridgehead atoms. The molecule has 1 aliphatic rings. The van der Waals surface area contributed by atoms with Crippen LogP contribution in [0.5, 0.6) is 0 Å². The fourth-order valence-corrected chi connectivity index (χ4v) is 3.88. The van der Waals surface area contributed by atoms with E-state index in [0.717, 1.165) is 25.1 Å². The van der Waals surface area contributed by atoms with Gasteiger partial charge in [-0.05, 0) is 44.7 Å². The molecule has 29 heavy (non-hydrogen) atoms. The summed E-state index contributed by atoms with van der Waals surface area (Å²) in [6, 6.07) is 8.69. The van der Waals surface area contributed by atoms with Crippen molar-refractivity contribution in [3.63, 3.8) is 0 Å². The molecule has 152 valence electrons. The predicted molar refractivity (Wildman–Crippen MR) is 109 cm³/mol. The standard InChI is InChI=1S/C22H25F2N5/c1-14-7-6-10-28(16(14)3)22-19(24)12-25-21(26-22)20-11-15(2)29(27-20)13-17-8-4-5-9-18(17)23/h4-5,8-9,11-12,14,16H,6-7,10,13H2,1-3H3. The van der Waals surface area contributed by atoms with Crippen LogP contribution in [0.2, 0.25) is 0 Å². The van der Waals surface area contributed by atoms with E-state index in [1.165, 1.54) is 12.3 Å². The van der Waals surface area contributed by atoms with Gasteiger partial charge in [-0.25, -0.2) is 18.7 Å². The summed E-state index contributed by atoms with van der Waals surface area (Å²) in [7, 11) is 0. The Kier molecular flexibility index (Phi) is 5.30. The number of aromatic nitrogens is 4. The van der Waals surface area contributed by atoms with Gasteiger partial charge in [0.1, 0.15) is 11.5 Å². The molecule has 5 nitrogen and oxygen atoms in total. The molecular weight excluding hydrogens is 372 g/mol. The van der Waals surface area contributed by atoms with Crippen molar-refractivity contribution in [3.8, 4) is 11.5 Å². The maximum atomic E-state index is 14.6. The van der Waals surface area contributed by atoms with Crippen molar-refractivity contribution < 1.29 is 8.78 Å². The van der Waals surface area contributed by atoms with Crippen molar-refractivity contribution in [2.45, 2.75) is 46.2 Å². The van der Waals surface area contributed by atoms with E-state index in [9.17, 15) is 8.78 Å². The van der Waals surface area contributed by atoms with E-state index in [-0.39, 0.29) is 11.9 Å². The van der Waals surface area contributed by atoms with Crippen LogP contribution in [-0.4, -0.2) is 32.3 Å². The van der Waals surface area contributed by atoms with Crippen LogP contribution in [0.1, 0.15) is 37.9 Å². The van der Waals surface area contributed by atoms with E-state index in [1.54, 1.807) is 22.9 Å². The fraction of sp³-hybridized carbons (Fsp3) is 0.409. The molecule has 1 aliphatic heterocycles. The highest BCUT2D eigenvalue weighted by Gasteiger charge is 2.28. The van der Waals surface area contributed by atoms with Crippen molar-refractivity contribution in [3.05, 3.63) is 59.4 Å². The first kappa shape index (κ1) is 19.5. The Morgan fingerprint density at radius 1 is 1.14 bits per heavy atom. The average Bonchev–Trinajstić information content (AvgIpc) is 3.07. The monoisotopic (exact) mass is 397 g/mol. The lowest BCUT2D eigenvalue weighted by Gasteiger charge is -2.38. The lowest BCUT2D eigenvalue weighted by atomic mass is 9.92. The van der Waals surface area contributed by atoms with E-state index >= 15 is 0 Å².